The molecule has 1 aromatic heterocycles. The van der Waals surface area contributed by atoms with E-state index in [-0.39, 0.29) is 28.8 Å². The van der Waals surface area contributed by atoms with Crippen LogP contribution in [-0.2, 0) is 27.6 Å². The molecule has 0 fully saturated rings. The summed E-state index contributed by atoms with van der Waals surface area (Å²) in [5.74, 6) is -1.25. The molecule has 0 aliphatic rings. The number of aryl methyl sites for hydroxylation is 1. The molecule has 5 N–H and O–H groups in total. The lowest BCUT2D eigenvalue weighted by molar-refractivity contribution is -0.117. The van der Waals surface area contributed by atoms with E-state index in [4.69, 9.17) is 16.2 Å². The topological polar surface area (TPSA) is 153 Å². The van der Waals surface area contributed by atoms with Crippen LogP contribution in [-0.4, -0.2) is 37.7 Å². The molecular weight excluding hydrogens is 509 g/mol. The van der Waals surface area contributed by atoms with Crippen LogP contribution < -0.4 is 16.2 Å². The van der Waals surface area contributed by atoms with Gasteiger partial charge in [0.05, 0.1) is 6.54 Å². The predicted molar refractivity (Wildman–Crippen MR) is 145 cm³/mol. The molecule has 0 aliphatic heterocycles. The van der Waals surface area contributed by atoms with Gasteiger partial charge < -0.3 is 21.2 Å². The number of amidine groups is 1. The number of hydrogen-bond acceptors (Lipinski definition) is 5. The van der Waals surface area contributed by atoms with Gasteiger partial charge in [0.1, 0.15) is 22.8 Å². The molecule has 3 aromatic carbocycles. The summed E-state index contributed by atoms with van der Waals surface area (Å²) < 4.78 is 45.6. The van der Waals surface area contributed by atoms with E-state index in [1.807, 2.05) is 24.3 Å². The first-order valence-electron chi connectivity index (χ1n) is 11.6. The first-order valence-corrected chi connectivity index (χ1v) is 13.5. The van der Waals surface area contributed by atoms with E-state index in [0.29, 0.717) is 29.4 Å². The number of hydrogen-bond donors (Lipinski definition) is 3. The van der Waals surface area contributed by atoms with Crippen LogP contribution in [0, 0.1) is 5.82 Å². The number of primary amides is 1. The van der Waals surface area contributed by atoms with Gasteiger partial charge in [-0.05, 0) is 35.7 Å². The molecular formula is C27H26FN5O4S. The third kappa shape index (κ3) is 6.43. The Morgan fingerprint density at radius 2 is 1.84 bits per heavy atom. The number of sulfone groups is 1. The molecule has 0 saturated carbocycles. The number of aromatic amines is 1. The van der Waals surface area contributed by atoms with Gasteiger partial charge in [-0.2, -0.15) is 0 Å². The van der Waals surface area contributed by atoms with Crippen molar-refractivity contribution in [2.45, 2.75) is 24.3 Å². The highest BCUT2D eigenvalue weighted by Gasteiger charge is 2.24. The van der Waals surface area contributed by atoms with Gasteiger partial charge in [0.15, 0.2) is 21.4 Å². The Hall–Kier alpha value is -4.51. The Bertz CT molecular complexity index is 1660. The van der Waals surface area contributed by atoms with Crippen LogP contribution in [0.4, 0.5) is 4.39 Å². The maximum atomic E-state index is 14.9. The molecule has 0 unspecified atom stereocenters. The van der Waals surface area contributed by atoms with Crippen molar-refractivity contribution in [2.24, 2.45) is 21.5 Å². The van der Waals surface area contributed by atoms with Crippen LogP contribution >= 0.6 is 0 Å². The Kier molecular flexibility index (Phi) is 7.87. The van der Waals surface area contributed by atoms with Crippen LogP contribution in [0.2, 0.25) is 0 Å². The number of nitrogens with zero attached hydrogens (tertiary/aromatic N) is 2. The Balaban J connectivity index is 1.50. The number of aliphatic imine (C=N–C) groups is 2. The molecule has 0 bridgehead atoms. The van der Waals surface area contributed by atoms with Gasteiger partial charge in [-0.3, -0.25) is 9.79 Å². The molecule has 4 rings (SSSR count). The highest BCUT2D eigenvalue weighted by Crippen LogP contribution is 2.37. The zero-order valence-electron chi connectivity index (χ0n) is 20.5. The fraction of sp³-hybridized carbons (Fsp3) is 0.148. The van der Waals surface area contributed by atoms with E-state index < -0.39 is 21.4 Å². The molecule has 196 valence electrons. The van der Waals surface area contributed by atoms with Crippen LogP contribution in [0.15, 0.2) is 81.7 Å². The standard InChI is InChI=1S/C27H26FN5O4S/c1-38(35,36)26-21-10-11-32-23(21)14-22(28)25(26)37-20-7-3-6-19(13-20)27(30)33-16-31-15-18-5-2-4-17(12-18)8-9-24(29)34/h2-7,10-14,16,32H,8-9,15H2,1H3,(H2,29,34)(H2,30,31,33). The molecule has 4 aromatic rings. The summed E-state index contributed by atoms with van der Waals surface area (Å²) in [7, 11) is -3.82. The van der Waals surface area contributed by atoms with Crippen LogP contribution in [0.5, 0.6) is 11.5 Å². The number of nitrogens with two attached hydrogens (primary N) is 2. The van der Waals surface area contributed by atoms with Crippen molar-refractivity contribution < 1.29 is 22.3 Å². The van der Waals surface area contributed by atoms with Crippen molar-refractivity contribution in [3.8, 4) is 11.5 Å². The summed E-state index contributed by atoms with van der Waals surface area (Å²) >= 11 is 0. The van der Waals surface area contributed by atoms with E-state index in [2.05, 4.69) is 15.0 Å². The lowest BCUT2D eigenvalue weighted by Crippen LogP contribution is -2.13. The van der Waals surface area contributed by atoms with Gasteiger partial charge >= 0.3 is 0 Å². The first kappa shape index (κ1) is 26.6. The van der Waals surface area contributed by atoms with Gasteiger partial charge in [0.2, 0.25) is 5.91 Å². The summed E-state index contributed by atoms with van der Waals surface area (Å²) in [5, 5.41) is 0.329. The molecule has 0 aliphatic carbocycles. The lowest BCUT2D eigenvalue weighted by atomic mass is 10.1. The number of nitrogens with one attached hydrogen (secondary N) is 1. The average molecular weight is 536 g/mol. The molecule has 0 radical (unpaired) electrons. The maximum absolute atomic E-state index is 14.9. The highest BCUT2D eigenvalue weighted by molar-refractivity contribution is 7.91. The molecule has 1 heterocycles. The number of aromatic nitrogens is 1. The molecule has 11 heteroatoms. The number of H-pyrrole nitrogens is 1. The summed E-state index contributed by atoms with van der Waals surface area (Å²) in [6, 6.07) is 16.8. The van der Waals surface area contributed by atoms with Crippen molar-refractivity contribution in [2.75, 3.05) is 6.26 Å². The van der Waals surface area contributed by atoms with Gasteiger partial charge in [-0.25, -0.2) is 17.8 Å². The van der Waals surface area contributed by atoms with Crippen LogP contribution in [0.3, 0.4) is 0 Å². The fourth-order valence-electron chi connectivity index (χ4n) is 3.90. The second-order valence-electron chi connectivity index (χ2n) is 8.61. The zero-order valence-corrected chi connectivity index (χ0v) is 21.3. The summed E-state index contributed by atoms with van der Waals surface area (Å²) in [5.41, 5.74) is 14.1. The van der Waals surface area contributed by atoms with Crippen molar-refractivity contribution in [1.82, 2.24) is 4.98 Å². The van der Waals surface area contributed by atoms with Crippen molar-refractivity contribution in [1.29, 1.82) is 0 Å². The predicted octanol–water partition coefficient (Wildman–Crippen LogP) is 3.85. The summed E-state index contributed by atoms with van der Waals surface area (Å²) in [6.45, 7) is 0.361. The molecule has 0 spiro atoms. The number of halogens is 1. The smallest absolute Gasteiger partial charge is 0.217 e. The van der Waals surface area contributed by atoms with E-state index >= 15 is 0 Å². The molecule has 1 amide bonds. The van der Waals surface area contributed by atoms with E-state index in [1.165, 1.54) is 24.7 Å². The number of carbonyl (C=O) groups excluding carboxylic acids is 1. The minimum absolute atomic E-state index is 0.138. The Morgan fingerprint density at radius 3 is 2.61 bits per heavy atom. The van der Waals surface area contributed by atoms with Gasteiger partial charge in [-0.15, -0.1) is 0 Å². The van der Waals surface area contributed by atoms with Crippen LogP contribution in [0.1, 0.15) is 23.1 Å². The minimum atomic E-state index is -3.82. The van der Waals surface area contributed by atoms with Crippen molar-refractivity contribution >= 4 is 38.8 Å². The highest BCUT2D eigenvalue weighted by atomic mass is 32.2. The summed E-state index contributed by atoms with van der Waals surface area (Å²) in [6.07, 6.45) is 4.70. The largest absolute Gasteiger partial charge is 0.453 e. The molecule has 9 nitrogen and oxygen atoms in total. The lowest BCUT2D eigenvalue weighted by Gasteiger charge is -2.13. The van der Waals surface area contributed by atoms with Gasteiger partial charge in [-0.1, -0.05) is 36.4 Å². The zero-order chi connectivity index (χ0) is 27.3. The number of ether oxygens (including phenoxy) is 1. The van der Waals surface area contributed by atoms with Crippen LogP contribution in [0.25, 0.3) is 10.9 Å². The van der Waals surface area contributed by atoms with E-state index in [0.717, 1.165) is 17.4 Å². The second-order valence-corrected chi connectivity index (χ2v) is 10.6. The second kappa shape index (κ2) is 11.3. The molecule has 0 atom stereocenters. The maximum Gasteiger partial charge on any atom is 0.217 e. The van der Waals surface area contributed by atoms with E-state index in [9.17, 15) is 17.6 Å². The number of carbonyl (C=O) groups is 1. The normalized spacial score (nSPS) is 12.3. The third-order valence-corrected chi connectivity index (χ3v) is 6.79. The summed E-state index contributed by atoms with van der Waals surface area (Å²) in [4.78, 5) is 22.0. The number of rotatable bonds is 10. The van der Waals surface area contributed by atoms with Crippen molar-refractivity contribution in [3.63, 3.8) is 0 Å². The van der Waals surface area contributed by atoms with Gasteiger partial charge in [0.25, 0.3) is 0 Å². The molecule has 38 heavy (non-hydrogen) atoms. The fourth-order valence-corrected chi connectivity index (χ4v) is 4.95. The average Bonchev–Trinajstić information content (AvgIpc) is 3.32. The monoisotopic (exact) mass is 535 g/mol. The first-order chi connectivity index (χ1) is 18.1. The minimum Gasteiger partial charge on any atom is -0.453 e. The Morgan fingerprint density at radius 1 is 1.08 bits per heavy atom. The third-order valence-electron chi connectivity index (χ3n) is 5.64. The molecule has 0 saturated heterocycles. The van der Waals surface area contributed by atoms with E-state index in [1.54, 1.807) is 24.3 Å². The quantitative estimate of drug-likeness (QED) is 0.208. The Labute approximate surface area is 219 Å². The number of benzene rings is 3. The SMILES string of the molecule is CS(=O)(=O)c1c(Oc2cccc(C(N)=NC=NCc3cccc(CCC(N)=O)c3)c2)c(F)cc2[nH]ccc12. The van der Waals surface area contributed by atoms with Crippen molar-refractivity contribution in [3.05, 3.63) is 89.4 Å². The van der Waals surface area contributed by atoms with Gasteiger partial charge in [0, 0.05) is 41.4 Å². The number of fused-ring (bicyclic) bond motifs is 1. The number of amides is 1.